The van der Waals surface area contributed by atoms with Crippen LogP contribution in [0.3, 0.4) is 0 Å². The van der Waals surface area contributed by atoms with Crippen molar-refractivity contribution < 1.29 is 14.5 Å². The molecule has 1 aromatic carbocycles. The molecule has 2 saturated heterocycles. The quantitative estimate of drug-likeness (QED) is 0.610. The lowest BCUT2D eigenvalue weighted by Gasteiger charge is -2.25. The van der Waals surface area contributed by atoms with Crippen LogP contribution in [0.4, 0.5) is 5.69 Å². The first kappa shape index (κ1) is 18.3. The van der Waals surface area contributed by atoms with Crippen molar-refractivity contribution in [1.82, 2.24) is 15.5 Å². The average Bonchev–Trinajstić information content (AvgIpc) is 3.30. The number of rotatable bonds is 5. The van der Waals surface area contributed by atoms with Crippen LogP contribution in [0.15, 0.2) is 18.2 Å². The third-order valence-electron chi connectivity index (χ3n) is 5.14. The van der Waals surface area contributed by atoms with Gasteiger partial charge in [0.25, 0.3) is 11.6 Å². The molecule has 140 valence electrons. The molecule has 0 bridgehead atoms. The van der Waals surface area contributed by atoms with Crippen molar-refractivity contribution in [3.63, 3.8) is 0 Å². The van der Waals surface area contributed by atoms with Gasteiger partial charge >= 0.3 is 0 Å². The number of carbonyl (C=O) groups is 2. The third-order valence-corrected chi connectivity index (χ3v) is 5.14. The first-order chi connectivity index (χ1) is 12.5. The zero-order valence-corrected chi connectivity index (χ0v) is 14.9. The van der Waals surface area contributed by atoms with Crippen molar-refractivity contribution in [2.45, 2.75) is 44.7 Å². The fourth-order valence-corrected chi connectivity index (χ4v) is 3.71. The van der Waals surface area contributed by atoms with Crippen LogP contribution in [0, 0.1) is 17.0 Å². The van der Waals surface area contributed by atoms with Gasteiger partial charge in [0.1, 0.15) is 6.04 Å². The normalized spacial score (nSPS) is 22.4. The van der Waals surface area contributed by atoms with E-state index in [1.165, 1.54) is 18.2 Å². The van der Waals surface area contributed by atoms with Gasteiger partial charge in [0.2, 0.25) is 5.91 Å². The summed E-state index contributed by atoms with van der Waals surface area (Å²) < 4.78 is 0. The van der Waals surface area contributed by atoms with E-state index in [1.807, 2.05) is 0 Å². The molecule has 2 aliphatic heterocycles. The topological polar surface area (TPSA) is 105 Å². The number of amides is 2. The van der Waals surface area contributed by atoms with Crippen molar-refractivity contribution in [2.24, 2.45) is 0 Å². The van der Waals surface area contributed by atoms with Crippen LogP contribution in [0.25, 0.3) is 0 Å². The molecule has 8 heteroatoms. The van der Waals surface area contributed by atoms with Crippen LogP contribution >= 0.6 is 0 Å². The molecule has 0 radical (unpaired) electrons. The molecule has 2 aliphatic rings. The van der Waals surface area contributed by atoms with Crippen LogP contribution in [0.2, 0.25) is 0 Å². The predicted octanol–water partition coefficient (Wildman–Crippen LogP) is 1.38. The highest BCUT2D eigenvalue weighted by Gasteiger charge is 2.35. The Morgan fingerprint density at radius 3 is 2.81 bits per heavy atom. The van der Waals surface area contributed by atoms with E-state index in [0.29, 0.717) is 36.7 Å². The molecule has 2 unspecified atom stereocenters. The highest BCUT2D eigenvalue weighted by atomic mass is 16.6. The maximum atomic E-state index is 12.8. The second kappa shape index (κ2) is 7.82. The summed E-state index contributed by atoms with van der Waals surface area (Å²) in [4.78, 5) is 37.4. The Bertz CT molecular complexity index is 715. The van der Waals surface area contributed by atoms with E-state index in [-0.39, 0.29) is 17.5 Å². The summed E-state index contributed by atoms with van der Waals surface area (Å²) in [5, 5.41) is 17.2. The molecule has 1 aromatic rings. The van der Waals surface area contributed by atoms with Crippen molar-refractivity contribution in [3.05, 3.63) is 39.4 Å². The molecule has 2 fully saturated rings. The van der Waals surface area contributed by atoms with Gasteiger partial charge in [-0.2, -0.15) is 0 Å². The van der Waals surface area contributed by atoms with E-state index in [4.69, 9.17) is 0 Å². The number of aryl methyl sites for hydroxylation is 1. The molecule has 2 heterocycles. The van der Waals surface area contributed by atoms with E-state index in [1.54, 1.807) is 11.8 Å². The number of nitro benzene ring substituents is 1. The van der Waals surface area contributed by atoms with Crippen molar-refractivity contribution >= 4 is 17.5 Å². The fourth-order valence-electron chi connectivity index (χ4n) is 3.71. The van der Waals surface area contributed by atoms with Crippen LogP contribution < -0.4 is 10.6 Å². The lowest BCUT2D eigenvalue weighted by atomic mass is 10.1. The molecular formula is C18H24N4O4. The van der Waals surface area contributed by atoms with Gasteiger partial charge in [-0.15, -0.1) is 0 Å². The van der Waals surface area contributed by atoms with E-state index in [9.17, 15) is 19.7 Å². The highest BCUT2D eigenvalue weighted by Crippen LogP contribution is 2.24. The standard InChI is InChI=1S/C18H24N4O4/c1-12-10-13(6-7-15(12)22(25)26)18(24)21-9-3-5-16(21)17(23)20-11-14-4-2-8-19-14/h6-7,10,14,16,19H,2-5,8-9,11H2,1H3,(H,20,23). The Kier molecular flexibility index (Phi) is 5.51. The summed E-state index contributed by atoms with van der Waals surface area (Å²) in [5.74, 6) is -0.372. The Labute approximate surface area is 152 Å². The number of carbonyl (C=O) groups excluding carboxylic acids is 2. The fraction of sp³-hybridized carbons (Fsp3) is 0.556. The smallest absolute Gasteiger partial charge is 0.272 e. The maximum absolute atomic E-state index is 12.8. The van der Waals surface area contributed by atoms with Crippen molar-refractivity contribution in [1.29, 1.82) is 0 Å². The molecule has 26 heavy (non-hydrogen) atoms. The predicted molar refractivity (Wildman–Crippen MR) is 95.9 cm³/mol. The van der Waals surface area contributed by atoms with Crippen LogP contribution in [-0.2, 0) is 4.79 Å². The molecule has 2 atom stereocenters. The molecule has 0 aliphatic carbocycles. The zero-order chi connectivity index (χ0) is 18.7. The molecule has 2 N–H and O–H groups in total. The summed E-state index contributed by atoms with van der Waals surface area (Å²) in [5.41, 5.74) is 0.806. The van der Waals surface area contributed by atoms with E-state index < -0.39 is 11.0 Å². The van der Waals surface area contributed by atoms with Crippen LogP contribution in [0.5, 0.6) is 0 Å². The van der Waals surface area contributed by atoms with E-state index in [2.05, 4.69) is 10.6 Å². The maximum Gasteiger partial charge on any atom is 0.272 e. The van der Waals surface area contributed by atoms with Crippen LogP contribution in [-0.4, -0.2) is 53.4 Å². The van der Waals surface area contributed by atoms with Gasteiger partial charge in [0.15, 0.2) is 0 Å². The number of hydrogen-bond acceptors (Lipinski definition) is 5. The minimum atomic E-state index is -0.473. The van der Waals surface area contributed by atoms with Gasteiger partial charge in [-0.05, 0) is 51.3 Å². The molecule has 2 amide bonds. The number of hydrogen-bond donors (Lipinski definition) is 2. The molecule has 0 aromatic heterocycles. The van der Waals surface area contributed by atoms with Gasteiger partial charge in [0, 0.05) is 36.3 Å². The molecule has 8 nitrogen and oxygen atoms in total. The lowest BCUT2D eigenvalue weighted by molar-refractivity contribution is -0.385. The van der Waals surface area contributed by atoms with Gasteiger partial charge in [-0.1, -0.05) is 0 Å². The highest BCUT2D eigenvalue weighted by molar-refractivity contribution is 5.98. The number of nitrogens with one attached hydrogen (secondary N) is 2. The third kappa shape index (κ3) is 3.85. The molecular weight excluding hydrogens is 336 g/mol. The number of benzene rings is 1. The molecule has 0 saturated carbocycles. The SMILES string of the molecule is Cc1cc(C(=O)N2CCCC2C(=O)NCC2CCCN2)ccc1[N+](=O)[O-]. The Balaban J connectivity index is 1.66. The van der Waals surface area contributed by atoms with Gasteiger partial charge in [0.05, 0.1) is 4.92 Å². The summed E-state index contributed by atoms with van der Waals surface area (Å²) in [7, 11) is 0. The second-order valence-corrected chi connectivity index (χ2v) is 6.95. The Hall–Kier alpha value is -2.48. The molecule has 3 rings (SSSR count). The first-order valence-electron chi connectivity index (χ1n) is 9.04. The summed E-state index contributed by atoms with van der Waals surface area (Å²) in [6.07, 6.45) is 3.59. The number of nitro groups is 1. The largest absolute Gasteiger partial charge is 0.353 e. The minimum Gasteiger partial charge on any atom is -0.353 e. The van der Waals surface area contributed by atoms with Gasteiger partial charge < -0.3 is 15.5 Å². The van der Waals surface area contributed by atoms with Gasteiger partial charge in [-0.3, -0.25) is 19.7 Å². The summed E-state index contributed by atoms with van der Waals surface area (Å²) in [6, 6.07) is 4.17. The summed E-state index contributed by atoms with van der Waals surface area (Å²) >= 11 is 0. The summed E-state index contributed by atoms with van der Waals surface area (Å²) in [6.45, 7) is 3.69. The van der Waals surface area contributed by atoms with Gasteiger partial charge in [-0.25, -0.2) is 0 Å². The average molecular weight is 360 g/mol. The van der Waals surface area contributed by atoms with Crippen molar-refractivity contribution in [3.8, 4) is 0 Å². The van der Waals surface area contributed by atoms with Crippen LogP contribution in [0.1, 0.15) is 41.6 Å². The monoisotopic (exact) mass is 360 g/mol. The Morgan fingerprint density at radius 2 is 2.15 bits per heavy atom. The second-order valence-electron chi connectivity index (χ2n) is 6.95. The van der Waals surface area contributed by atoms with Crippen molar-refractivity contribution in [2.75, 3.05) is 19.6 Å². The molecule has 0 spiro atoms. The Morgan fingerprint density at radius 1 is 1.35 bits per heavy atom. The zero-order valence-electron chi connectivity index (χ0n) is 14.9. The minimum absolute atomic E-state index is 0.0127. The van der Waals surface area contributed by atoms with E-state index in [0.717, 1.165) is 25.8 Å². The first-order valence-corrected chi connectivity index (χ1v) is 9.04. The van der Waals surface area contributed by atoms with E-state index >= 15 is 0 Å². The lowest BCUT2D eigenvalue weighted by Crippen LogP contribution is -2.48. The number of nitrogens with zero attached hydrogens (tertiary/aromatic N) is 2. The number of likely N-dealkylation sites (tertiary alicyclic amines) is 1.